The Morgan fingerprint density at radius 3 is 2.13 bits per heavy atom. The lowest BCUT2D eigenvalue weighted by Crippen LogP contribution is -2.51. The number of allylic oxidation sites excluding steroid dienone is 1. The predicted octanol–water partition coefficient (Wildman–Crippen LogP) is 3.79. The predicted molar refractivity (Wildman–Crippen MR) is 168 cm³/mol. The van der Waals surface area contributed by atoms with Crippen molar-refractivity contribution in [2.24, 2.45) is 11.8 Å². The van der Waals surface area contributed by atoms with E-state index in [0.717, 1.165) is 16.0 Å². The molecule has 9 nitrogen and oxygen atoms in total. The summed E-state index contributed by atoms with van der Waals surface area (Å²) >= 11 is 1.58. The number of carbonyl (C=O) groups is 3. The second-order valence-corrected chi connectivity index (χ2v) is 12.9. The Balaban J connectivity index is 1.21. The fourth-order valence-electron chi connectivity index (χ4n) is 6.77. The van der Waals surface area contributed by atoms with Crippen LogP contribution >= 0.6 is 11.3 Å². The van der Waals surface area contributed by atoms with Crippen LogP contribution in [0, 0.1) is 23.2 Å². The summed E-state index contributed by atoms with van der Waals surface area (Å²) in [6.07, 6.45) is 9.53. The van der Waals surface area contributed by atoms with E-state index < -0.39 is 5.54 Å². The van der Waals surface area contributed by atoms with Crippen LogP contribution in [-0.4, -0.2) is 62.0 Å². The molecule has 5 heterocycles. The van der Waals surface area contributed by atoms with Gasteiger partial charge in [-0.2, -0.15) is 5.26 Å². The van der Waals surface area contributed by atoms with Crippen molar-refractivity contribution in [3.05, 3.63) is 130 Å². The first-order valence-electron chi connectivity index (χ1n) is 14.9. The van der Waals surface area contributed by atoms with Crippen LogP contribution in [0.25, 0.3) is 0 Å². The van der Waals surface area contributed by atoms with Gasteiger partial charge in [-0.25, -0.2) is 0 Å². The molecule has 1 N–H and O–H groups in total. The van der Waals surface area contributed by atoms with Gasteiger partial charge in [0.1, 0.15) is 11.4 Å². The molecule has 45 heavy (non-hydrogen) atoms. The highest BCUT2D eigenvalue weighted by molar-refractivity contribution is 7.10. The molecule has 3 atom stereocenters. The topological polar surface area (TPSA) is 119 Å². The molecule has 2 amide bonds. The number of piperidine rings is 1. The van der Waals surface area contributed by atoms with Crippen LogP contribution in [0.15, 0.2) is 103 Å². The van der Waals surface area contributed by atoms with E-state index in [2.05, 4.69) is 21.4 Å². The number of pyridine rings is 2. The molecule has 1 aliphatic carbocycles. The van der Waals surface area contributed by atoms with Gasteiger partial charge in [0.25, 0.3) is 5.91 Å². The Bertz CT molecular complexity index is 1750. The number of thiophene rings is 1. The van der Waals surface area contributed by atoms with Crippen LogP contribution in [0.5, 0.6) is 0 Å². The number of fused-ring (bicyclic) bond motifs is 1. The van der Waals surface area contributed by atoms with Gasteiger partial charge in [-0.3, -0.25) is 29.3 Å². The Kier molecular flexibility index (Phi) is 7.47. The van der Waals surface area contributed by atoms with Crippen molar-refractivity contribution in [2.75, 3.05) is 13.1 Å². The molecule has 2 aliphatic heterocycles. The Labute approximate surface area is 264 Å². The quantitative estimate of drug-likeness (QED) is 0.225. The molecular formula is C35H30N6O3S. The van der Waals surface area contributed by atoms with Gasteiger partial charge in [0, 0.05) is 85.1 Å². The first-order chi connectivity index (χ1) is 21.9. The lowest BCUT2D eigenvalue weighted by Gasteiger charge is -2.28. The maximum atomic E-state index is 14.8. The maximum Gasteiger partial charge on any atom is 0.254 e. The summed E-state index contributed by atoms with van der Waals surface area (Å²) in [7, 11) is 0. The molecule has 0 unspecified atom stereocenters. The molecule has 1 saturated carbocycles. The zero-order valence-electron chi connectivity index (χ0n) is 24.4. The normalized spacial score (nSPS) is 22.2. The van der Waals surface area contributed by atoms with E-state index in [1.54, 1.807) is 65.3 Å². The maximum absolute atomic E-state index is 14.8. The highest BCUT2D eigenvalue weighted by atomic mass is 32.1. The summed E-state index contributed by atoms with van der Waals surface area (Å²) in [5, 5.41) is 14.7. The highest BCUT2D eigenvalue weighted by Crippen LogP contribution is 2.52. The third kappa shape index (κ3) is 5.63. The van der Waals surface area contributed by atoms with Crippen LogP contribution in [0.4, 0.5) is 0 Å². The number of amides is 2. The zero-order valence-corrected chi connectivity index (χ0v) is 25.2. The summed E-state index contributed by atoms with van der Waals surface area (Å²) in [5.74, 6) is 0.482. The number of nitrogens with zero attached hydrogens (tertiary/aromatic N) is 5. The summed E-state index contributed by atoms with van der Waals surface area (Å²) in [6, 6.07) is 20.0. The van der Waals surface area contributed by atoms with E-state index in [4.69, 9.17) is 0 Å². The SMILES string of the molecule is N#Cc1ccc(C(=O)/C=C2\NC(Cc3ccncc3)(Cc3ccncc3)C(=O)N2[C@H]2[C@@H]3CN(C(=O)Cc4cccs4)C[C@@H]32)cc1. The molecule has 10 heteroatoms. The molecule has 4 aromatic rings. The van der Waals surface area contributed by atoms with Crippen LogP contribution in [0.1, 0.15) is 31.9 Å². The Morgan fingerprint density at radius 2 is 1.58 bits per heavy atom. The average Bonchev–Trinajstić information content (AvgIpc) is 3.44. The second kappa shape index (κ2) is 11.7. The molecule has 2 saturated heterocycles. The number of aromatic nitrogens is 2. The van der Waals surface area contributed by atoms with Crippen molar-refractivity contribution < 1.29 is 14.4 Å². The first-order valence-corrected chi connectivity index (χ1v) is 15.8. The van der Waals surface area contributed by atoms with Crippen molar-refractivity contribution in [3.8, 4) is 6.07 Å². The van der Waals surface area contributed by atoms with E-state index in [1.807, 2.05) is 46.7 Å². The van der Waals surface area contributed by atoms with Gasteiger partial charge in [-0.1, -0.05) is 6.07 Å². The van der Waals surface area contributed by atoms with E-state index >= 15 is 0 Å². The fraction of sp³-hybridized carbons (Fsp3) is 0.257. The zero-order chi connectivity index (χ0) is 31.0. The van der Waals surface area contributed by atoms with E-state index in [-0.39, 0.29) is 35.5 Å². The summed E-state index contributed by atoms with van der Waals surface area (Å²) < 4.78 is 0. The minimum atomic E-state index is -1.05. The first kappa shape index (κ1) is 28.6. The molecule has 3 aliphatic rings. The molecule has 1 aromatic carbocycles. The minimum Gasteiger partial charge on any atom is -0.357 e. The van der Waals surface area contributed by atoms with Gasteiger partial charge < -0.3 is 10.2 Å². The van der Waals surface area contributed by atoms with E-state index in [1.165, 1.54) is 6.08 Å². The van der Waals surface area contributed by atoms with Gasteiger partial charge in [0.05, 0.1) is 18.1 Å². The summed E-state index contributed by atoms with van der Waals surface area (Å²) in [4.78, 5) is 54.4. The number of hydrogen-bond donors (Lipinski definition) is 1. The summed E-state index contributed by atoms with van der Waals surface area (Å²) in [5.41, 5.74) is 1.73. The van der Waals surface area contributed by atoms with Crippen LogP contribution in [-0.2, 0) is 28.9 Å². The fourth-order valence-corrected chi connectivity index (χ4v) is 7.47. The third-order valence-corrected chi connectivity index (χ3v) is 9.91. The highest BCUT2D eigenvalue weighted by Gasteiger charge is 2.64. The number of ketones is 1. The van der Waals surface area contributed by atoms with Crippen LogP contribution in [0.2, 0.25) is 0 Å². The Morgan fingerprint density at radius 1 is 0.956 bits per heavy atom. The second-order valence-electron chi connectivity index (χ2n) is 11.9. The number of carbonyl (C=O) groups excluding carboxylic acids is 3. The lowest BCUT2D eigenvalue weighted by atomic mass is 9.85. The molecule has 0 spiro atoms. The van der Waals surface area contributed by atoms with Crippen molar-refractivity contribution in [2.45, 2.75) is 30.8 Å². The number of nitriles is 1. The molecule has 0 bridgehead atoms. The third-order valence-electron chi connectivity index (χ3n) is 9.04. The molecule has 0 radical (unpaired) electrons. The van der Waals surface area contributed by atoms with E-state index in [0.29, 0.717) is 49.3 Å². The number of benzene rings is 1. The van der Waals surface area contributed by atoms with E-state index in [9.17, 15) is 19.6 Å². The number of hydrogen-bond acceptors (Lipinski definition) is 8. The van der Waals surface area contributed by atoms with Gasteiger partial charge in [0.2, 0.25) is 5.91 Å². The molecule has 224 valence electrons. The largest absolute Gasteiger partial charge is 0.357 e. The molecule has 3 fully saturated rings. The number of nitrogens with one attached hydrogen (secondary N) is 1. The van der Waals surface area contributed by atoms with Gasteiger partial charge in [-0.15, -0.1) is 11.3 Å². The van der Waals surface area contributed by atoms with Crippen molar-refractivity contribution in [1.29, 1.82) is 5.26 Å². The van der Waals surface area contributed by atoms with Gasteiger partial charge >= 0.3 is 0 Å². The van der Waals surface area contributed by atoms with Gasteiger partial charge in [0.15, 0.2) is 5.78 Å². The van der Waals surface area contributed by atoms with Gasteiger partial charge in [-0.05, 0) is 71.1 Å². The minimum absolute atomic E-state index is 0.0918. The summed E-state index contributed by atoms with van der Waals surface area (Å²) in [6.45, 7) is 1.17. The number of likely N-dealkylation sites (tertiary alicyclic amines) is 1. The lowest BCUT2D eigenvalue weighted by molar-refractivity contribution is -0.133. The van der Waals surface area contributed by atoms with Crippen molar-refractivity contribution in [3.63, 3.8) is 0 Å². The average molecular weight is 615 g/mol. The smallest absolute Gasteiger partial charge is 0.254 e. The Hall–Kier alpha value is -5.14. The molecular weight excluding hydrogens is 584 g/mol. The van der Waals surface area contributed by atoms with Crippen LogP contribution < -0.4 is 5.32 Å². The molecule has 3 aromatic heterocycles. The number of rotatable bonds is 9. The van der Waals surface area contributed by atoms with Crippen LogP contribution in [0.3, 0.4) is 0 Å². The van der Waals surface area contributed by atoms with Crippen molar-refractivity contribution in [1.82, 2.24) is 25.1 Å². The van der Waals surface area contributed by atoms with Crippen molar-refractivity contribution >= 4 is 28.9 Å². The molecule has 7 rings (SSSR count). The monoisotopic (exact) mass is 614 g/mol. The standard InChI is InChI=1S/C35H30N6O3S/c36-20-25-3-5-26(6-4-25)30(42)17-31-39-35(18-23-7-11-37-12-8-23,19-24-9-13-38-14-10-24)34(44)41(31)33-28-21-40(22-29(28)33)32(43)16-27-2-1-15-45-27/h1-15,17,28-29,33,39H,16,18-19,21-22H2/b31-17+/t28-,29+,33+.